The minimum absolute atomic E-state index is 0.282. The first-order chi connectivity index (χ1) is 5.02. The van der Waals surface area contributed by atoms with Crippen molar-refractivity contribution in [2.24, 2.45) is 0 Å². The van der Waals surface area contributed by atoms with E-state index in [4.69, 9.17) is 9.16 Å². The number of rotatable bonds is 4. The van der Waals surface area contributed by atoms with Crippen molar-refractivity contribution in [2.45, 2.75) is 39.5 Å². The van der Waals surface area contributed by atoms with Gasteiger partial charge in [-0.25, -0.2) is 0 Å². The van der Waals surface area contributed by atoms with Crippen LogP contribution in [0, 0.1) is 0 Å². The molecule has 0 aromatic carbocycles. The summed E-state index contributed by atoms with van der Waals surface area (Å²) >= 11 is 0. The van der Waals surface area contributed by atoms with Gasteiger partial charge in [0.05, 0.1) is 0 Å². The molecule has 0 amide bonds. The zero-order valence-electron chi connectivity index (χ0n) is 7.59. The van der Waals surface area contributed by atoms with Crippen LogP contribution in [0.1, 0.15) is 27.7 Å². The standard InChI is InChI=1S/C7H16O3Si/c1-5(2)11-10-7(4)9-6(3)8/h5,7H,11H2,1-4H3. The van der Waals surface area contributed by atoms with Crippen LogP contribution in [0.3, 0.4) is 0 Å². The highest BCUT2D eigenvalue weighted by Crippen LogP contribution is 2.01. The Morgan fingerprint density at radius 2 is 1.91 bits per heavy atom. The van der Waals surface area contributed by atoms with Crippen molar-refractivity contribution in [3.8, 4) is 0 Å². The Bertz CT molecular complexity index is 125. The molecule has 0 saturated heterocycles. The molecule has 0 spiro atoms. The quantitative estimate of drug-likeness (QED) is 0.361. The van der Waals surface area contributed by atoms with Gasteiger partial charge in [0.25, 0.3) is 0 Å². The summed E-state index contributed by atoms with van der Waals surface area (Å²) in [5, 5.41) is 0. The molecule has 0 aliphatic rings. The normalized spacial score (nSPS) is 14.3. The van der Waals surface area contributed by atoms with Gasteiger partial charge in [-0.3, -0.25) is 4.79 Å². The maximum Gasteiger partial charge on any atom is 0.304 e. The fourth-order valence-electron chi connectivity index (χ4n) is 0.596. The van der Waals surface area contributed by atoms with E-state index in [1.54, 1.807) is 6.92 Å². The smallest absolute Gasteiger partial charge is 0.304 e. The molecule has 0 rings (SSSR count). The van der Waals surface area contributed by atoms with E-state index in [1.165, 1.54) is 6.92 Å². The molecule has 0 aliphatic heterocycles. The molecule has 0 radical (unpaired) electrons. The van der Waals surface area contributed by atoms with Crippen LogP contribution in [0.2, 0.25) is 5.54 Å². The third-order valence-electron chi connectivity index (χ3n) is 0.996. The number of ether oxygens (including phenoxy) is 1. The van der Waals surface area contributed by atoms with Crippen molar-refractivity contribution in [3.05, 3.63) is 0 Å². The minimum Gasteiger partial charge on any atom is -0.437 e. The van der Waals surface area contributed by atoms with Crippen molar-refractivity contribution >= 4 is 15.7 Å². The summed E-state index contributed by atoms with van der Waals surface area (Å²) in [6.45, 7) is 7.34. The predicted molar refractivity (Wildman–Crippen MR) is 46.0 cm³/mol. The molecule has 0 fully saturated rings. The summed E-state index contributed by atoms with van der Waals surface area (Å²) in [7, 11) is -0.522. The van der Waals surface area contributed by atoms with E-state index in [-0.39, 0.29) is 12.3 Å². The molecule has 1 atom stereocenters. The van der Waals surface area contributed by atoms with Gasteiger partial charge in [0, 0.05) is 6.92 Å². The second kappa shape index (κ2) is 5.32. The largest absolute Gasteiger partial charge is 0.437 e. The Morgan fingerprint density at radius 3 is 2.27 bits per heavy atom. The fourth-order valence-corrected chi connectivity index (χ4v) is 1.32. The molecule has 3 nitrogen and oxygen atoms in total. The van der Waals surface area contributed by atoms with Gasteiger partial charge in [0.15, 0.2) is 16.1 Å². The number of hydrogen-bond donors (Lipinski definition) is 0. The zero-order valence-corrected chi connectivity index (χ0v) is 9.00. The third kappa shape index (κ3) is 7.54. The van der Waals surface area contributed by atoms with Crippen LogP contribution in [0.4, 0.5) is 0 Å². The summed E-state index contributed by atoms with van der Waals surface area (Å²) in [6, 6.07) is 0. The molecule has 0 aromatic rings. The topological polar surface area (TPSA) is 35.5 Å². The maximum atomic E-state index is 10.4. The van der Waals surface area contributed by atoms with Crippen LogP contribution in [0.25, 0.3) is 0 Å². The highest BCUT2D eigenvalue weighted by molar-refractivity contribution is 6.29. The lowest BCUT2D eigenvalue weighted by Crippen LogP contribution is -2.19. The Kier molecular flexibility index (Phi) is 5.15. The molecule has 0 saturated carbocycles. The van der Waals surface area contributed by atoms with Gasteiger partial charge < -0.3 is 9.16 Å². The van der Waals surface area contributed by atoms with Gasteiger partial charge in [-0.15, -0.1) is 0 Å². The number of carbonyl (C=O) groups is 1. The number of hydrogen-bond acceptors (Lipinski definition) is 3. The summed E-state index contributed by atoms with van der Waals surface area (Å²) in [5.41, 5.74) is 0.605. The molecule has 0 aliphatic carbocycles. The van der Waals surface area contributed by atoms with E-state index in [9.17, 15) is 4.79 Å². The van der Waals surface area contributed by atoms with Crippen LogP contribution >= 0.6 is 0 Å². The van der Waals surface area contributed by atoms with Crippen molar-refractivity contribution in [3.63, 3.8) is 0 Å². The van der Waals surface area contributed by atoms with Crippen LogP contribution in [0.15, 0.2) is 0 Å². The van der Waals surface area contributed by atoms with Gasteiger partial charge in [-0.2, -0.15) is 0 Å². The first-order valence-electron chi connectivity index (χ1n) is 3.81. The molecular formula is C7H16O3Si. The van der Waals surface area contributed by atoms with Gasteiger partial charge in [0.1, 0.15) is 0 Å². The summed E-state index contributed by atoms with van der Waals surface area (Å²) in [5.74, 6) is -0.282. The molecule has 0 N–H and O–H groups in total. The van der Waals surface area contributed by atoms with E-state index in [1.807, 2.05) is 0 Å². The average molecular weight is 176 g/mol. The predicted octanol–water partition coefficient (Wildman–Crippen LogP) is 0.824. The van der Waals surface area contributed by atoms with E-state index in [0.29, 0.717) is 5.54 Å². The SMILES string of the molecule is CC(=O)OC(C)O[SiH2]C(C)C. The summed E-state index contributed by atoms with van der Waals surface area (Å²) < 4.78 is 10.1. The van der Waals surface area contributed by atoms with Gasteiger partial charge in [0.2, 0.25) is 0 Å². The molecule has 0 aromatic heterocycles. The highest BCUT2D eigenvalue weighted by atomic mass is 28.2. The lowest BCUT2D eigenvalue weighted by molar-refractivity contribution is -0.158. The Hall–Kier alpha value is -0.353. The molecular weight excluding hydrogens is 160 g/mol. The van der Waals surface area contributed by atoms with Gasteiger partial charge in [-0.1, -0.05) is 13.8 Å². The van der Waals surface area contributed by atoms with Crippen LogP contribution in [0.5, 0.6) is 0 Å². The molecule has 1 unspecified atom stereocenters. The minimum atomic E-state index is -0.522. The van der Waals surface area contributed by atoms with Crippen molar-refractivity contribution in [1.82, 2.24) is 0 Å². The van der Waals surface area contributed by atoms with Crippen LogP contribution < -0.4 is 0 Å². The maximum absolute atomic E-state index is 10.4. The lowest BCUT2D eigenvalue weighted by atomic mass is 10.6. The van der Waals surface area contributed by atoms with E-state index in [2.05, 4.69) is 13.8 Å². The highest BCUT2D eigenvalue weighted by Gasteiger charge is 2.05. The lowest BCUT2D eigenvalue weighted by Gasteiger charge is -2.13. The van der Waals surface area contributed by atoms with E-state index < -0.39 is 9.76 Å². The zero-order chi connectivity index (χ0) is 8.85. The number of carbonyl (C=O) groups excluding carboxylic acids is 1. The van der Waals surface area contributed by atoms with Crippen molar-refractivity contribution in [2.75, 3.05) is 0 Å². The van der Waals surface area contributed by atoms with Crippen LogP contribution in [-0.4, -0.2) is 22.0 Å². The second-order valence-corrected chi connectivity index (χ2v) is 5.20. The second-order valence-electron chi connectivity index (χ2n) is 2.90. The Morgan fingerprint density at radius 1 is 1.36 bits per heavy atom. The van der Waals surface area contributed by atoms with Gasteiger partial charge in [-0.05, 0) is 12.5 Å². The Labute approximate surface area is 70.0 Å². The Balaban J connectivity index is 3.37. The first kappa shape index (κ1) is 10.6. The first-order valence-corrected chi connectivity index (χ1v) is 5.20. The molecule has 4 heteroatoms. The number of esters is 1. The molecule has 0 heterocycles. The summed E-state index contributed by atoms with van der Waals surface area (Å²) in [6.07, 6.45) is -0.360. The van der Waals surface area contributed by atoms with Gasteiger partial charge >= 0.3 is 5.97 Å². The third-order valence-corrected chi connectivity index (χ3v) is 2.32. The molecule has 11 heavy (non-hydrogen) atoms. The van der Waals surface area contributed by atoms with Crippen molar-refractivity contribution in [1.29, 1.82) is 0 Å². The molecule has 0 bridgehead atoms. The van der Waals surface area contributed by atoms with Crippen LogP contribution in [-0.2, 0) is 14.0 Å². The van der Waals surface area contributed by atoms with Crippen molar-refractivity contribution < 1.29 is 14.0 Å². The average Bonchev–Trinajstić information content (AvgIpc) is 1.82. The monoisotopic (exact) mass is 176 g/mol. The fraction of sp³-hybridized carbons (Fsp3) is 0.857. The molecule has 66 valence electrons. The summed E-state index contributed by atoms with van der Waals surface area (Å²) in [4.78, 5) is 10.4. The van der Waals surface area contributed by atoms with E-state index in [0.717, 1.165) is 0 Å². The van der Waals surface area contributed by atoms with E-state index >= 15 is 0 Å².